The largest absolute Gasteiger partial charge is 0.376 e. The molecule has 0 unspecified atom stereocenters. The number of benzene rings is 1. The highest BCUT2D eigenvalue weighted by molar-refractivity contribution is 7.55. The van der Waals surface area contributed by atoms with E-state index in [1.54, 1.807) is 7.11 Å². The maximum absolute atomic E-state index is 11.1. The third-order valence-electron chi connectivity index (χ3n) is 3.55. The molecule has 2 N–H and O–H groups in total. The first-order valence-electron chi connectivity index (χ1n) is 7.45. The van der Waals surface area contributed by atoms with Crippen molar-refractivity contribution in [2.45, 2.75) is 44.4 Å². The summed E-state index contributed by atoms with van der Waals surface area (Å²) in [6.07, 6.45) is -0.486. The van der Waals surface area contributed by atoms with Crippen LogP contribution >= 0.6 is 7.60 Å². The third-order valence-corrected chi connectivity index (χ3v) is 4.11. The summed E-state index contributed by atoms with van der Waals surface area (Å²) in [7, 11) is -2.68. The van der Waals surface area contributed by atoms with Crippen molar-refractivity contribution < 1.29 is 28.6 Å². The predicted octanol–water partition coefficient (Wildman–Crippen LogP) is 2.63. The van der Waals surface area contributed by atoms with Crippen molar-refractivity contribution in [3.8, 4) is 0 Å². The molecular weight excluding hydrogens is 319 g/mol. The van der Waals surface area contributed by atoms with Crippen LogP contribution in [0.3, 0.4) is 0 Å². The van der Waals surface area contributed by atoms with E-state index in [-0.39, 0.29) is 18.3 Å². The van der Waals surface area contributed by atoms with Crippen molar-refractivity contribution in [3.05, 3.63) is 47.8 Å². The van der Waals surface area contributed by atoms with Gasteiger partial charge in [-0.2, -0.15) is 0 Å². The van der Waals surface area contributed by atoms with Crippen LogP contribution in [0.25, 0.3) is 0 Å². The maximum Gasteiger partial charge on any atom is 0.348 e. The average Bonchev–Trinajstić information content (AvgIpc) is 2.82. The van der Waals surface area contributed by atoms with E-state index in [0.717, 1.165) is 11.4 Å². The summed E-state index contributed by atoms with van der Waals surface area (Å²) < 4.78 is 28.5. The van der Waals surface area contributed by atoms with Gasteiger partial charge in [-0.05, 0) is 25.5 Å². The number of rotatable bonds is 6. The molecule has 1 aliphatic rings. The minimum Gasteiger partial charge on any atom is -0.376 e. The third kappa shape index (κ3) is 4.98. The zero-order valence-electron chi connectivity index (χ0n) is 13.4. The van der Waals surface area contributed by atoms with E-state index in [1.165, 1.54) is 6.08 Å². The molecule has 1 saturated heterocycles. The zero-order chi connectivity index (χ0) is 17.0. The lowest BCUT2D eigenvalue weighted by Gasteiger charge is -2.24. The Morgan fingerprint density at radius 1 is 1.22 bits per heavy atom. The lowest BCUT2D eigenvalue weighted by atomic mass is 10.0. The Morgan fingerprint density at radius 2 is 1.87 bits per heavy atom. The van der Waals surface area contributed by atoms with Gasteiger partial charge >= 0.3 is 7.60 Å². The Balaban J connectivity index is 2.29. The van der Waals surface area contributed by atoms with Gasteiger partial charge in [-0.1, -0.05) is 30.3 Å². The van der Waals surface area contributed by atoms with Gasteiger partial charge in [-0.3, -0.25) is 4.57 Å². The molecule has 1 aliphatic heterocycles. The second-order valence-corrected chi connectivity index (χ2v) is 7.19. The fourth-order valence-electron chi connectivity index (χ4n) is 2.67. The Morgan fingerprint density at radius 3 is 2.39 bits per heavy atom. The molecule has 7 heteroatoms. The Kier molecular flexibility index (Phi) is 6.14. The molecule has 1 heterocycles. The summed E-state index contributed by atoms with van der Waals surface area (Å²) in [6, 6.07) is 9.58. The summed E-state index contributed by atoms with van der Waals surface area (Å²) in [5.41, 5.74) is 0.934. The van der Waals surface area contributed by atoms with Crippen molar-refractivity contribution in [2.24, 2.45) is 0 Å². The fraction of sp³-hybridized carbons (Fsp3) is 0.500. The minimum absolute atomic E-state index is 0.0678. The average molecular weight is 342 g/mol. The van der Waals surface area contributed by atoms with Crippen LogP contribution in [-0.4, -0.2) is 41.3 Å². The lowest BCUT2D eigenvalue weighted by Crippen LogP contribution is -2.36. The molecule has 1 aromatic carbocycles. The van der Waals surface area contributed by atoms with Gasteiger partial charge in [-0.25, -0.2) is 0 Å². The number of ether oxygens (including phenoxy) is 3. The molecule has 0 amide bonds. The summed E-state index contributed by atoms with van der Waals surface area (Å²) in [4.78, 5) is 18.1. The van der Waals surface area contributed by atoms with Gasteiger partial charge in [0.2, 0.25) is 0 Å². The van der Waals surface area contributed by atoms with E-state index in [9.17, 15) is 4.57 Å². The quantitative estimate of drug-likeness (QED) is 0.773. The molecule has 0 radical (unpaired) electrons. The van der Waals surface area contributed by atoms with Gasteiger partial charge in [0.15, 0.2) is 0 Å². The van der Waals surface area contributed by atoms with Gasteiger partial charge in [0.25, 0.3) is 0 Å². The SMILES string of the molecule is CO[C@@H]1[C@H](OC(C)C)[C@@H](/C=C/P(=O)(O)O)O[C@H]1c1ccccc1. The summed E-state index contributed by atoms with van der Waals surface area (Å²) in [6.45, 7) is 3.79. The second kappa shape index (κ2) is 7.71. The molecule has 1 aromatic rings. The topological polar surface area (TPSA) is 85.2 Å². The van der Waals surface area contributed by atoms with Gasteiger partial charge < -0.3 is 24.0 Å². The Hall–Kier alpha value is -1.01. The van der Waals surface area contributed by atoms with Crippen LogP contribution in [-0.2, 0) is 18.8 Å². The Labute approximate surface area is 136 Å². The normalized spacial score (nSPS) is 28.8. The van der Waals surface area contributed by atoms with Crippen LogP contribution in [0.2, 0.25) is 0 Å². The van der Waals surface area contributed by atoms with Crippen LogP contribution in [0.1, 0.15) is 25.5 Å². The molecular formula is C16H23O6P. The summed E-state index contributed by atoms with van der Waals surface area (Å²) >= 11 is 0. The van der Waals surface area contributed by atoms with Crippen LogP contribution in [0.15, 0.2) is 42.2 Å². The molecule has 1 fully saturated rings. The summed E-state index contributed by atoms with van der Waals surface area (Å²) in [5.74, 6) is 0.856. The van der Waals surface area contributed by atoms with Gasteiger partial charge in [0.05, 0.1) is 6.10 Å². The molecule has 6 nitrogen and oxygen atoms in total. The van der Waals surface area contributed by atoms with Crippen molar-refractivity contribution in [1.82, 2.24) is 0 Å². The highest BCUT2D eigenvalue weighted by Gasteiger charge is 2.45. The zero-order valence-corrected chi connectivity index (χ0v) is 14.3. The van der Waals surface area contributed by atoms with E-state index in [2.05, 4.69) is 0 Å². The van der Waals surface area contributed by atoms with E-state index in [4.69, 9.17) is 24.0 Å². The van der Waals surface area contributed by atoms with Crippen LogP contribution in [0.4, 0.5) is 0 Å². The van der Waals surface area contributed by atoms with Crippen molar-refractivity contribution in [3.63, 3.8) is 0 Å². The van der Waals surface area contributed by atoms with E-state index < -0.39 is 19.8 Å². The molecule has 23 heavy (non-hydrogen) atoms. The molecule has 0 aromatic heterocycles. The van der Waals surface area contributed by atoms with Crippen LogP contribution in [0, 0.1) is 0 Å². The summed E-state index contributed by atoms with van der Waals surface area (Å²) in [5, 5.41) is 0. The second-order valence-electron chi connectivity index (χ2n) is 5.71. The number of methoxy groups -OCH3 is 1. The van der Waals surface area contributed by atoms with Gasteiger partial charge in [0, 0.05) is 12.9 Å². The molecule has 0 bridgehead atoms. The van der Waals surface area contributed by atoms with E-state index in [0.29, 0.717) is 0 Å². The monoisotopic (exact) mass is 342 g/mol. The predicted molar refractivity (Wildman–Crippen MR) is 86.0 cm³/mol. The maximum atomic E-state index is 11.1. The van der Waals surface area contributed by atoms with Crippen LogP contribution < -0.4 is 0 Å². The molecule has 128 valence electrons. The highest BCUT2D eigenvalue weighted by atomic mass is 31.2. The highest BCUT2D eigenvalue weighted by Crippen LogP contribution is 2.41. The smallest absolute Gasteiger partial charge is 0.348 e. The molecule has 0 saturated carbocycles. The first kappa shape index (κ1) is 18.3. The molecule has 0 spiro atoms. The number of hydrogen-bond acceptors (Lipinski definition) is 4. The number of hydrogen-bond donors (Lipinski definition) is 2. The van der Waals surface area contributed by atoms with E-state index in [1.807, 2.05) is 44.2 Å². The van der Waals surface area contributed by atoms with Crippen LogP contribution in [0.5, 0.6) is 0 Å². The van der Waals surface area contributed by atoms with Crippen molar-refractivity contribution in [1.29, 1.82) is 0 Å². The van der Waals surface area contributed by atoms with Crippen molar-refractivity contribution >= 4 is 7.60 Å². The van der Waals surface area contributed by atoms with Gasteiger partial charge in [0.1, 0.15) is 24.4 Å². The Bertz CT molecular complexity index is 567. The minimum atomic E-state index is -4.26. The first-order chi connectivity index (χ1) is 10.8. The fourth-order valence-corrected chi connectivity index (χ4v) is 3.07. The van der Waals surface area contributed by atoms with Gasteiger partial charge in [-0.15, -0.1) is 0 Å². The van der Waals surface area contributed by atoms with Crippen molar-refractivity contribution in [2.75, 3.05) is 7.11 Å². The molecule has 0 aliphatic carbocycles. The standard InChI is InChI=1S/C16H23O6P/c1-11(2)21-15-13(9-10-23(17,18)19)22-14(16(15)20-3)12-7-5-4-6-8-12/h4-11,13-16H,1-3H3,(H2,17,18,19)/b10-9+/t13-,14+,15-,16+/m1/s1. The first-order valence-corrected chi connectivity index (χ1v) is 9.13. The molecule has 2 rings (SSSR count). The van der Waals surface area contributed by atoms with E-state index >= 15 is 0 Å². The lowest BCUT2D eigenvalue weighted by molar-refractivity contribution is -0.0694. The molecule has 4 atom stereocenters.